The molecule has 1 aliphatic heterocycles. The van der Waals surface area contributed by atoms with Crippen molar-refractivity contribution < 1.29 is 14.3 Å². The van der Waals surface area contributed by atoms with Crippen LogP contribution >= 0.6 is 11.6 Å². The fraction of sp³-hybridized carbons (Fsp3) is 0.391. The van der Waals surface area contributed by atoms with Gasteiger partial charge in [0.05, 0.1) is 12.7 Å². The van der Waals surface area contributed by atoms with E-state index in [0.717, 1.165) is 44.6 Å². The maximum absolute atomic E-state index is 12.1. The first-order valence-electron chi connectivity index (χ1n) is 10.3. The molecule has 6 nitrogen and oxygen atoms in total. The number of halogens is 1. The van der Waals surface area contributed by atoms with Crippen LogP contribution in [0, 0.1) is 6.92 Å². The SMILES string of the molecule is Cc1c(Cl)cccc1NC(=O)C(=O)NCCCCN1CCOC(c2ccccc2)C1. The van der Waals surface area contributed by atoms with Crippen LogP contribution in [0.2, 0.25) is 5.02 Å². The molecule has 30 heavy (non-hydrogen) atoms. The molecule has 160 valence electrons. The second kappa shape index (κ2) is 11.1. The van der Waals surface area contributed by atoms with Crippen LogP contribution in [-0.2, 0) is 14.3 Å². The topological polar surface area (TPSA) is 70.7 Å². The predicted molar refractivity (Wildman–Crippen MR) is 119 cm³/mol. The summed E-state index contributed by atoms with van der Waals surface area (Å²) in [4.78, 5) is 26.5. The fourth-order valence-electron chi connectivity index (χ4n) is 3.44. The van der Waals surface area contributed by atoms with Gasteiger partial charge in [-0.1, -0.05) is 48.0 Å². The number of hydrogen-bond acceptors (Lipinski definition) is 4. The van der Waals surface area contributed by atoms with Crippen LogP contribution in [-0.4, -0.2) is 49.5 Å². The van der Waals surface area contributed by atoms with Gasteiger partial charge >= 0.3 is 11.8 Å². The maximum Gasteiger partial charge on any atom is 0.313 e. The highest BCUT2D eigenvalue weighted by atomic mass is 35.5. The number of carbonyl (C=O) groups excluding carboxylic acids is 2. The van der Waals surface area contributed by atoms with E-state index in [4.69, 9.17) is 16.3 Å². The Morgan fingerprint density at radius 1 is 1.10 bits per heavy atom. The highest BCUT2D eigenvalue weighted by Gasteiger charge is 2.21. The normalized spacial score (nSPS) is 16.8. The van der Waals surface area contributed by atoms with E-state index >= 15 is 0 Å². The molecule has 3 rings (SSSR count). The number of ether oxygens (including phenoxy) is 1. The molecule has 1 heterocycles. The first-order chi connectivity index (χ1) is 14.5. The number of benzene rings is 2. The lowest BCUT2D eigenvalue weighted by Crippen LogP contribution is -2.39. The molecule has 1 unspecified atom stereocenters. The van der Waals surface area contributed by atoms with E-state index in [0.29, 0.717) is 17.3 Å². The zero-order chi connectivity index (χ0) is 21.3. The summed E-state index contributed by atoms with van der Waals surface area (Å²) >= 11 is 6.04. The number of rotatable bonds is 7. The summed E-state index contributed by atoms with van der Waals surface area (Å²) in [5.74, 6) is -1.32. The first kappa shape index (κ1) is 22.3. The lowest BCUT2D eigenvalue weighted by Gasteiger charge is -2.33. The van der Waals surface area contributed by atoms with Crippen LogP contribution in [0.5, 0.6) is 0 Å². The van der Waals surface area contributed by atoms with E-state index in [1.807, 2.05) is 18.2 Å². The minimum Gasteiger partial charge on any atom is -0.371 e. The second-order valence-corrected chi connectivity index (χ2v) is 7.81. The van der Waals surface area contributed by atoms with E-state index in [9.17, 15) is 9.59 Å². The molecule has 0 spiro atoms. The molecule has 2 N–H and O–H groups in total. The van der Waals surface area contributed by atoms with Crippen LogP contribution < -0.4 is 10.6 Å². The van der Waals surface area contributed by atoms with E-state index < -0.39 is 11.8 Å². The summed E-state index contributed by atoms with van der Waals surface area (Å²) in [5, 5.41) is 5.84. The summed E-state index contributed by atoms with van der Waals surface area (Å²) in [6, 6.07) is 15.5. The highest BCUT2D eigenvalue weighted by molar-refractivity contribution is 6.40. The molecular weight excluding hydrogens is 402 g/mol. The van der Waals surface area contributed by atoms with Gasteiger partial charge in [0.25, 0.3) is 0 Å². The molecular formula is C23H28ClN3O3. The lowest BCUT2D eigenvalue weighted by molar-refractivity contribution is -0.136. The number of nitrogens with one attached hydrogen (secondary N) is 2. The molecule has 1 atom stereocenters. The summed E-state index contributed by atoms with van der Waals surface area (Å²) in [7, 11) is 0. The summed E-state index contributed by atoms with van der Waals surface area (Å²) in [6.07, 6.45) is 1.86. The minimum absolute atomic E-state index is 0.110. The van der Waals surface area contributed by atoms with Crippen molar-refractivity contribution in [3.8, 4) is 0 Å². The number of unbranched alkanes of at least 4 members (excludes halogenated alkanes) is 1. The van der Waals surface area contributed by atoms with Crippen LogP contribution in [0.3, 0.4) is 0 Å². The van der Waals surface area contributed by atoms with Gasteiger partial charge in [0.15, 0.2) is 0 Å². The summed E-state index contributed by atoms with van der Waals surface area (Å²) < 4.78 is 5.89. The van der Waals surface area contributed by atoms with Crippen LogP contribution in [0.4, 0.5) is 5.69 Å². The average Bonchev–Trinajstić information content (AvgIpc) is 2.77. The van der Waals surface area contributed by atoms with Gasteiger partial charge < -0.3 is 15.4 Å². The monoisotopic (exact) mass is 429 g/mol. The van der Waals surface area contributed by atoms with Crippen molar-refractivity contribution in [1.82, 2.24) is 10.2 Å². The highest BCUT2D eigenvalue weighted by Crippen LogP contribution is 2.23. The first-order valence-corrected chi connectivity index (χ1v) is 10.7. The molecule has 1 saturated heterocycles. The number of hydrogen-bond donors (Lipinski definition) is 2. The smallest absolute Gasteiger partial charge is 0.313 e. The number of anilines is 1. The number of carbonyl (C=O) groups is 2. The Bertz CT molecular complexity index is 860. The molecule has 1 aliphatic rings. The van der Waals surface area contributed by atoms with Crippen LogP contribution in [0.15, 0.2) is 48.5 Å². The molecule has 0 saturated carbocycles. The van der Waals surface area contributed by atoms with Crippen molar-refractivity contribution in [3.05, 3.63) is 64.7 Å². The van der Waals surface area contributed by atoms with Crippen molar-refractivity contribution in [2.24, 2.45) is 0 Å². The van der Waals surface area contributed by atoms with Gasteiger partial charge in [0.1, 0.15) is 0 Å². The van der Waals surface area contributed by atoms with Crippen LogP contribution in [0.1, 0.15) is 30.1 Å². The van der Waals surface area contributed by atoms with Crippen LogP contribution in [0.25, 0.3) is 0 Å². The third-order valence-corrected chi connectivity index (χ3v) is 5.64. The Hall–Kier alpha value is -2.41. The molecule has 2 aromatic carbocycles. The Balaban J connectivity index is 1.34. The van der Waals surface area contributed by atoms with Crippen molar-refractivity contribution in [3.63, 3.8) is 0 Å². The van der Waals surface area contributed by atoms with Crippen molar-refractivity contribution in [2.45, 2.75) is 25.9 Å². The quantitative estimate of drug-likeness (QED) is 0.521. The maximum atomic E-state index is 12.1. The zero-order valence-corrected chi connectivity index (χ0v) is 18.0. The van der Waals surface area contributed by atoms with Gasteiger partial charge in [-0.25, -0.2) is 0 Å². The van der Waals surface area contributed by atoms with Gasteiger partial charge in [-0.15, -0.1) is 0 Å². The average molecular weight is 430 g/mol. The predicted octanol–water partition coefficient (Wildman–Crippen LogP) is 3.56. The van der Waals surface area contributed by atoms with Gasteiger partial charge in [0, 0.05) is 30.3 Å². The zero-order valence-electron chi connectivity index (χ0n) is 17.2. The lowest BCUT2D eigenvalue weighted by atomic mass is 10.1. The Labute approximate surface area is 182 Å². The van der Waals surface area contributed by atoms with E-state index in [-0.39, 0.29) is 6.10 Å². The number of amides is 2. The minimum atomic E-state index is -0.681. The molecule has 0 radical (unpaired) electrons. The Morgan fingerprint density at radius 3 is 2.70 bits per heavy atom. The van der Waals surface area contributed by atoms with Crippen molar-refractivity contribution in [2.75, 3.05) is 38.1 Å². The molecule has 1 fully saturated rings. The van der Waals surface area contributed by atoms with Crippen molar-refractivity contribution >= 4 is 29.1 Å². The molecule has 2 aromatic rings. The molecule has 7 heteroatoms. The molecule has 0 bridgehead atoms. The Kier molecular flexibility index (Phi) is 8.25. The second-order valence-electron chi connectivity index (χ2n) is 7.40. The largest absolute Gasteiger partial charge is 0.371 e. The standard InChI is InChI=1S/C23H28ClN3O3/c1-17-19(24)10-7-11-20(17)26-23(29)22(28)25-12-5-6-13-27-14-15-30-21(16-27)18-8-3-2-4-9-18/h2-4,7-11,21H,5-6,12-16H2,1H3,(H,25,28)(H,26,29). The third kappa shape index (κ3) is 6.29. The van der Waals surface area contributed by atoms with Gasteiger partial charge in [-0.05, 0) is 49.6 Å². The molecule has 0 aliphatic carbocycles. The summed E-state index contributed by atoms with van der Waals surface area (Å²) in [5.41, 5.74) is 2.48. The fourth-order valence-corrected chi connectivity index (χ4v) is 3.61. The number of morpholine rings is 1. The third-order valence-electron chi connectivity index (χ3n) is 5.23. The summed E-state index contributed by atoms with van der Waals surface area (Å²) in [6.45, 7) is 5.71. The number of nitrogens with zero attached hydrogens (tertiary/aromatic N) is 1. The molecule has 2 amide bonds. The Morgan fingerprint density at radius 2 is 1.90 bits per heavy atom. The van der Waals surface area contributed by atoms with E-state index in [1.54, 1.807) is 25.1 Å². The van der Waals surface area contributed by atoms with Gasteiger partial charge in [-0.3, -0.25) is 14.5 Å². The van der Waals surface area contributed by atoms with Gasteiger partial charge in [-0.2, -0.15) is 0 Å². The van der Waals surface area contributed by atoms with E-state index in [1.165, 1.54) is 5.56 Å². The molecule has 0 aromatic heterocycles. The van der Waals surface area contributed by atoms with E-state index in [2.05, 4.69) is 27.7 Å². The van der Waals surface area contributed by atoms with Gasteiger partial charge in [0.2, 0.25) is 0 Å². The van der Waals surface area contributed by atoms with Crippen molar-refractivity contribution in [1.29, 1.82) is 0 Å².